The first-order valence-corrected chi connectivity index (χ1v) is 8.67. The summed E-state index contributed by atoms with van der Waals surface area (Å²) in [5.41, 5.74) is 1.10. The summed E-state index contributed by atoms with van der Waals surface area (Å²) >= 11 is 0. The van der Waals surface area contributed by atoms with Crippen molar-refractivity contribution in [3.8, 4) is 0 Å². The fourth-order valence-corrected chi connectivity index (χ4v) is 3.96. The minimum Gasteiger partial charge on any atom is -0.342 e. The molecule has 2 saturated heterocycles. The largest absolute Gasteiger partial charge is 0.342 e. The van der Waals surface area contributed by atoms with Crippen LogP contribution in [-0.2, 0) is 16.1 Å². The molecular formula is C19H25N3O2. The third kappa shape index (κ3) is 3.66. The van der Waals surface area contributed by atoms with E-state index in [2.05, 4.69) is 11.6 Å². The first-order chi connectivity index (χ1) is 11.6. The predicted molar refractivity (Wildman–Crippen MR) is 91.9 cm³/mol. The normalized spacial score (nSPS) is 24.2. The van der Waals surface area contributed by atoms with Gasteiger partial charge in [0.2, 0.25) is 11.8 Å². The van der Waals surface area contributed by atoms with Gasteiger partial charge in [0.15, 0.2) is 0 Å². The van der Waals surface area contributed by atoms with E-state index in [1.165, 1.54) is 0 Å². The van der Waals surface area contributed by atoms with E-state index in [-0.39, 0.29) is 17.2 Å². The molecule has 1 aromatic rings. The Kier molecular flexibility index (Phi) is 4.97. The van der Waals surface area contributed by atoms with Crippen LogP contribution < -0.4 is 0 Å². The molecule has 3 heterocycles. The average Bonchev–Trinajstić information content (AvgIpc) is 2.60. The van der Waals surface area contributed by atoms with Crippen LogP contribution in [0.5, 0.6) is 0 Å². The molecular weight excluding hydrogens is 302 g/mol. The minimum absolute atomic E-state index is 0.0468. The zero-order chi connectivity index (χ0) is 17.0. The van der Waals surface area contributed by atoms with Gasteiger partial charge in [0, 0.05) is 56.8 Å². The highest BCUT2D eigenvalue weighted by Crippen LogP contribution is 2.39. The fraction of sp³-hybridized carbons (Fsp3) is 0.526. The van der Waals surface area contributed by atoms with Gasteiger partial charge in [-0.3, -0.25) is 14.6 Å². The first-order valence-electron chi connectivity index (χ1n) is 8.67. The second-order valence-electron chi connectivity index (χ2n) is 7.02. The van der Waals surface area contributed by atoms with E-state index in [4.69, 9.17) is 0 Å². The second kappa shape index (κ2) is 7.16. The Labute approximate surface area is 143 Å². The number of carbonyl (C=O) groups is 2. The smallest absolute Gasteiger partial charge is 0.226 e. The lowest BCUT2D eigenvalue weighted by atomic mass is 9.73. The molecule has 5 heteroatoms. The maximum absolute atomic E-state index is 12.4. The van der Waals surface area contributed by atoms with Crippen LogP contribution in [-0.4, -0.2) is 46.2 Å². The number of nitrogens with zero attached hydrogens (tertiary/aromatic N) is 3. The van der Waals surface area contributed by atoms with Gasteiger partial charge in [-0.25, -0.2) is 0 Å². The van der Waals surface area contributed by atoms with Crippen LogP contribution >= 0.6 is 0 Å². The molecule has 128 valence electrons. The topological polar surface area (TPSA) is 53.5 Å². The van der Waals surface area contributed by atoms with Gasteiger partial charge in [-0.1, -0.05) is 12.1 Å². The molecule has 0 aromatic carbocycles. The van der Waals surface area contributed by atoms with Gasteiger partial charge in [-0.15, -0.1) is 6.58 Å². The van der Waals surface area contributed by atoms with Gasteiger partial charge in [0.1, 0.15) is 0 Å². The van der Waals surface area contributed by atoms with Crippen molar-refractivity contribution in [2.75, 3.05) is 19.6 Å². The summed E-state index contributed by atoms with van der Waals surface area (Å²) in [4.78, 5) is 32.6. The average molecular weight is 327 g/mol. The number of rotatable bonds is 4. The summed E-state index contributed by atoms with van der Waals surface area (Å²) in [5.74, 6) is 0.360. The number of carbonyl (C=O) groups excluding carboxylic acids is 2. The standard InChI is InChI=1S/C19H25N3O2/c1-2-5-17(23)21-11-4-8-19(14-21)9-7-18(24)22(15-19)13-16-6-3-10-20-12-16/h2-3,6,10,12H,1,4-5,7-9,11,13-15H2. The molecule has 0 aliphatic carbocycles. The minimum atomic E-state index is 0.0468. The highest BCUT2D eigenvalue weighted by Gasteiger charge is 2.42. The Hall–Kier alpha value is -2.17. The zero-order valence-corrected chi connectivity index (χ0v) is 14.1. The molecule has 1 unspecified atom stereocenters. The van der Waals surface area contributed by atoms with Gasteiger partial charge in [-0.2, -0.15) is 0 Å². The molecule has 2 aliphatic heterocycles. The molecule has 2 aliphatic rings. The van der Waals surface area contributed by atoms with Crippen molar-refractivity contribution in [2.45, 2.75) is 38.6 Å². The molecule has 0 saturated carbocycles. The second-order valence-corrected chi connectivity index (χ2v) is 7.02. The van der Waals surface area contributed by atoms with Crippen LogP contribution in [0.25, 0.3) is 0 Å². The monoisotopic (exact) mass is 327 g/mol. The van der Waals surface area contributed by atoms with Crippen molar-refractivity contribution in [3.63, 3.8) is 0 Å². The van der Waals surface area contributed by atoms with Crippen molar-refractivity contribution in [1.29, 1.82) is 0 Å². The summed E-state index contributed by atoms with van der Waals surface area (Å²) in [7, 11) is 0. The van der Waals surface area contributed by atoms with E-state index in [1.54, 1.807) is 12.3 Å². The summed E-state index contributed by atoms with van der Waals surface area (Å²) < 4.78 is 0. The van der Waals surface area contributed by atoms with Gasteiger partial charge in [0.25, 0.3) is 0 Å². The van der Waals surface area contributed by atoms with Gasteiger partial charge < -0.3 is 9.80 Å². The van der Waals surface area contributed by atoms with Gasteiger partial charge in [0.05, 0.1) is 0 Å². The Morgan fingerprint density at radius 3 is 3.00 bits per heavy atom. The quantitative estimate of drug-likeness (QED) is 0.798. The molecule has 0 bridgehead atoms. The maximum Gasteiger partial charge on any atom is 0.226 e. The van der Waals surface area contributed by atoms with E-state index in [1.807, 2.05) is 28.1 Å². The molecule has 0 radical (unpaired) electrons. The molecule has 1 atom stereocenters. The number of aromatic nitrogens is 1. The van der Waals surface area contributed by atoms with Crippen LogP contribution in [0.3, 0.4) is 0 Å². The van der Waals surface area contributed by atoms with Crippen LogP contribution in [0.1, 0.15) is 37.7 Å². The SMILES string of the molecule is C=CCC(=O)N1CCCC2(CCC(=O)N(Cc3cccnc3)C2)C1. The van der Waals surface area contributed by atoms with Crippen LogP contribution in [0.15, 0.2) is 37.2 Å². The van der Waals surface area contributed by atoms with E-state index in [0.29, 0.717) is 19.4 Å². The highest BCUT2D eigenvalue weighted by atomic mass is 16.2. The lowest BCUT2D eigenvalue weighted by Gasteiger charge is -2.48. The van der Waals surface area contributed by atoms with Crippen LogP contribution in [0, 0.1) is 5.41 Å². The summed E-state index contributed by atoms with van der Waals surface area (Å²) in [6.45, 7) is 6.59. The van der Waals surface area contributed by atoms with Crippen LogP contribution in [0.4, 0.5) is 0 Å². The summed E-state index contributed by atoms with van der Waals surface area (Å²) in [6.07, 6.45) is 9.18. The first kappa shape index (κ1) is 16.7. The van der Waals surface area contributed by atoms with E-state index >= 15 is 0 Å². The summed E-state index contributed by atoms with van der Waals surface area (Å²) in [6, 6.07) is 3.90. The number of hydrogen-bond acceptors (Lipinski definition) is 3. The van der Waals surface area contributed by atoms with E-state index < -0.39 is 0 Å². The molecule has 24 heavy (non-hydrogen) atoms. The molecule has 1 aromatic heterocycles. The fourth-order valence-electron chi connectivity index (χ4n) is 3.96. The van der Waals surface area contributed by atoms with Gasteiger partial charge in [-0.05, 0) is 30.9 Å². The number of amides is 2. The van der Waals surface area contributed by atoms with Crippen molar-refractivity contribution < 1.29 is 9.59 Å². The number of piperidine rings is 2. The number of likely N-dealkylation sites (tertiary alicyclic amines) is 2. The molecule has 1 spiro atoms. The van der Waals surface area contributed by atoms with Crippen molar-refractivity contribution in [1.82, 2.24) is 14.8 Å². The maximum atomic E-state index is 12.4. The molecule has 5 nitrogen and oxygen atoms in total. The van der Waals surface area contributed by atoms with E-state index in [9.17, 15) is 9.59 Å². The Bertz CT molecular complexity index is 616. The van der Waals surface area contributed by atoms with Crippen molar-refractivity contribution >= 4 is 11.8 Å². The number of pyridine rings is 1. The molecule has 2 fully saturated rings. The molecule has 0 N–H and O–H groups in total. The number of hydrogen-bond donors (Lipinski definition) is 0. The van der Waals surface area contributed by atoms with Crippen LogP contribution in [0.2, 0.25) is 0 Å². The Balaban J connectivity index is 1.70. The Morgan fingerprint density at radius 2 is 2.25 bits per heavy atom. The zero-order valence-electron chi connectivity index (χ0n) is 14.1. The summed E-state index contributed by atoms with van der Waals surface area (Å²) in [5, 5.41) is 0. The third-order valence-corrected chi connectivity index (χ3v) is 5.18. The Morgan fingerprint density at radius 1 is 1.38 bits per heavy atom. The molecule has 2 amide bonds. The molecule has 3 rings (SSSR count). The lowest BCUT2D eigenvalue weighted by molar-refractivity contribution is -0.143. The van der Waals surface area contributed by atoms with Gasteiger partial charge >= 0.3 is 0 Å². The predicted octanol–water partition coefficient (Wildman–Crippen LogP) is 2.39. The third-order valence-electron chi connectivity index (χ3n) is 5.18. The van der Waals surface area contributed by atoms with E-state index in [0.717, 1.165) is 44.5 Å². The van der Waals surface area contributed by atoms with Crippen molar-refractivity contribution in [2.24, 2.45) is 5.41 Å². The lowest BCUT2D eigenvalue weighted by Crippen LogP contribution is -2.54. The highest BCUT2D eigenvalue weighted by molar-refractivity contribution is 5.78. The van der Waals surface area contributed by atoms with Crippen molar-refractivity contribution in [3.05, 3.63) is 42.7 Å².